The Hall–Kier alpha value is -2.31. The van der Waals surface area contributed by atoms with Crippen LogP contribution in [0, 0.1) is 0 Å². The van der Waals surface area contributed by atoms with E-state index in [4.69, 9.17) is 0 Å². The van der Waals surface area contributed by atoms with Gasteiger partial charge in [0.25, 0.3) is 0 Å². The Balaban J connectivity index is 1.60. The number of carbonyl (C=O) groups excluding carboxylic acids is 1. The van der Waals surface area contributed by atoms with Crippen LogP contribution < -0.4 is 5.32 Å². The standard InChI is InChI=1S/C12H16N6O/c1-16-8-10(7-14-16)15-12(19)17-6-3-11(9-17)18-5-2-4-13-18/h2,4-5,7-8,11H,3,6,9H2,1H3,(H,15,19). The molecule has 0 aliphatic carbocycles. The first-order valence-corrected chi connectivity index (χ1v) is 6.26. The van der Waals surface area contributed by atoms with Gasteiger partial charge >= 0.3 is 6.03 Å². The number of hydrogen-bond donors (Lipinski definition) is 1. The highest BCUT2D eigenvalue weighted by Gasteiger charge is 2.27. The fourth-order valence-corrected chi connectivity index (χ4v) is 2.33. The molecule has 1 aliphatic rings. The number of hydrogen-bond acceptors (Lipinski definition) is 3. The van der Waals surface area contributed by atoms with Gasteiger partial charge in [-0.15, -0.1) is 0 Å². The fraction of sp³-hybridized carbons (Fsp3) is 0.417. The Morgan fingerprint density at radius 3 is 3.05 bits per heavy atom. The first-order chi connectivity index (χ1) is 9.22. The van der Waals surface area contributed by atoms with E-state index >= 15 is 0 Å². The number of aryl methyl sites for hydroxylation is 1. The van der Waals surface area contributed by atoms with Crippen molar-refractivity contribution in [1.82, 2.24) is 24.5 Å². The normalized spacial score (nSPS) is 18.8. The Bertz CT molecular complexity index is 561. The molecule has 3 heterocycles. The van der Waals surface area contributed by atoms with E-state index in [2.05, 4.69) is 15.5 Å². The summed E-state index contributed by atoms with van der Waals surface area (Å²) in [4.78, 5) is 13.9. The molecule has 0 spiro atoms. The summed E-state index contributed by atoms with van der Waals surface area (Å²) in [6, 6.07) is 2.09. The van der Waals surface area contributed by atoms with Gasteiger partial charge in [0.1, 0.15) is 0 Å². The smallest absolute Gasteiger partial charge is 0.322 e. The number of amides is 2. The minimum absolute atomic E-state index is 0.0809. The Kier molecular flexibility index (Phi) is 2.94. The summed E-state index contributed by atoms with van der Waals surface area (Å²) < 4.78 is 3.57. The predicted molar refractivity (Wildman–Crippen MR) is 69.7 cm³/mol. The van der Waals surface area contributed by atoms with Crippen molar-refractivity contribution in [1.29, 1.82) is 0 Å². The molecule has 2 amide bonds. The summed E-state index contributed by atoms with van der Waals surface area (Å²) in [5.41, 5.74) is 0.718. The third kappa shape index (κ3) is 2.44. The van der Waals surface area contributed by atoms with Crippen molar-refractivity contribution < 1.29 is 4.79 Å². The molecule has 19 heavy (non-hydrogen) atoms. The molecule has 1 fully saturated rings. The quantitative estimate of drug-likeness (QED) is 0.879. The van der Waals surface area contributed by atoms with E-state index in [1.165, 1.54) is 0 Å². The summed E-state index contributed by atoms with van der Waals surface area (Å²) in [5.74, 6) is 0. The highest BCUT2D eigenvalue weighted by Crippen LogP contribution is 2.21. The van der Waals surface area contributed by atoms with Gasteiger partial charge in [0.05, 0.1) is 17.9 Å². The van der Waals surface area contributed by atoms with Crippen LogP contribution in [0.5, 0.6) is 0 Å². The van der Waals surface area contributed by atoms with Crippen LogP contribution in [0.3, 0.4) is 0 Å². The molecule has 100 valence electrons. The van der Waals surface area contributed by atoms with Crippen molar-refractivity contribution in [3.63, 3.8) is 0 Å². The van der Waals surface area contributed by atoms with Crippen LogP contribution in [-0.4, -0.2) is 43.6 Å². The third-order valence-corrected chi connectivity index (χ3v) is 3.31. The van der Waals surface area contributed by atoms with Crippen LogP contribution in [0.2, 0.25) is 0 Å². The van der Waals surface area contributed by atoms with Crippen LogP contribution >= 0.6 is 0 Å². The van der Waals surface area contributed by atoms with Crippen LogP contribution in [0.15, 0.2) is 30.9 Å². The van der Waals surface area contributed by atoms with Crippen molar-refractivity contribution in [2.45, 2.75) is 12.5 Å². The number of nitrogens with zero attached hydrogens (tertiary/aromatic N) is 5. The molecule has 2 aromatic rings. The Morgan fingerprint density at radius 1 is 1.47 bits per heavy atom. The molecule has 0 saturated carbocycles. The number of anilines is 1. The maximum Gasteiger partial charge on any atom is 0.322 e. The maximum absolute atomic E-state index is 12.1. The predicted octanol–water partition coefficient (Wildman–Crippen LogP) is 1.10. The van der Waals surface area contributed by atoms with E-state index in [9.17, 15) is 4.79 Å². The van der Waals surface area contributed by atoms with Crippen molar-refractivity contribution in [2.75, 3.05) is 18.4 Å². The van der Waals surface area contributed by atoms with E-state index in [0.717, 1.165) is 18.7 Å². The summed E-state index contributed by atoms with van der Waals surface area (Å²) in [5, 5.41) is 11.1. The zero-order chi connectivity index (χ0) is 13.2. The first kappa shape index (κ1) is 11.8. The minimum Gasteiger partial charge on any atom is -0.322 e. The molecule has 1 aliphatic heterocycles. The molecule has 7 heteroatoms. The Labute approximate surface area is 110 Å². The molecule has 1 saturated heterocycles. The molecule has 1 unspecified atom stereocenters. The van der Waals surface area contributed by atoms with Crippen LogP contribution in [0.1, 0.15) is 12.5 Å². The molecule has 2 aromatic heterocycles. The van der Waals surface area contributed by atoms with Gasteiger partial charge in [0, 0.05) is 38.7 Å². The highest BCUT2D eigenvalue weighted by atomic mass is 16.2. The number of aromatic nitrogens is 4. The average molecular weight is 260 g/mol. The van der Waals surface area contributed by atoms with Gasteiger partial charge in [0.15, 0.2) is 0 Å². The van der Waals surface area contributed by atoms with Crippen LogP contribution in [0.25, 0.3) is 0 Å². The van der Waals surface area contributed by atoms with E-state index in [1.807, 2.05) is 24.0 Å². The van der Waals surface area contributed by atoms with Crippen LogP contribution in [0.4, 0.5) is 10.5 Å². The highest BCUT2D eigenvalue weighted by molar-refractivity contribution is 5.89. The number of nitrogens with one attached hydrogen (secondary N) is 1. The average Bonchev–Trinajstić information content (AvgIpc) is 3.08. The summed E-state index contributed by atoms with van der Waals surface area (Å²) in [7, 11) is 1.82. The molecule has 1 N–H and O–H groups in total. The molecule has 3 rings (SSSR count). The molecule has 7 nitrogen and oxygen atoms in total. The molecular weight excluding hydrogens is 244 g/mol. The largest absolute Gasteiger partial charge is 0.322 e. The summed E-state index contributed by atoms with van der Waals surface area (Å²) >= 11 is 0. The van der Waals surface area contributed by atoms with Gasteiger partial charge in [-0.2, -0.15) is 10.2 Å². The van der Waals surface area contributed by atoms with E-state index in [-0.39, 0.29) is 12.1 Å². The van der Waals surface area contributed by atoms with E-state index < -0.39 is 0 Å². The summed E-state index contributed by atoms with van der Waals surface area (Å²) in [6.07, 6.45) is 8.05. The molecule has 0 radical (unpaired) electrons. The lowest BCUT2D eigenvalue weighted by atomic mass is 10.3. The first-order valence-electron chi connectivity index (χ1n) is 6.26. The zero-order valence-electron chi connectivity index (χ0n) is 10.7. The minimum atomic E-state index is -0.0809. The third-order valence-electron chi connectivity index (χ3n) is 3.31. The molecule has 1 atom stereocenters. The van der Waals surface area contributed by atoms with Gasteiger partial charge in [-0.25, -0.2) is 4.79 Å². The Morgan fingerprint density at radius 2 is 2.37 bits per heavy atom. The lowest BCUT2D eigenvalue weighted by molar-refractivity contribution is 0.220. The maximum atomic E-state index is 12.1. The topological polar surface area (TPSA) is 68.0 Å². The molecular formula is C12H16N6O. The van der Waals surface area contributed by atoms with Gasteiger partial charge in [0.2, 0.25) is 0 Å². The van der Waals surface area contributed by atoms with Gasteiger partial charge in [-0.1, -0.05) is 0 Å². The number of carbonyl (C=O) groups is 1. The second kappa shape index (κ2) is 4.75. The number of urea groups is 1. The van der Waals surface area contributed by atoms with Crippen molar-refractivity contribution in [3.05, 3.63) is 30.9 Å². The van der Waals surface area contributed by atoms with Crippen molar-refractivity contribution in [3.8, 4) is 0 Å². The molecule has 0 aromatic carbocycles. The van der Waals surface area contributed by atoms with Crippen molar-refractivity contribution in [2.24, 2.45) is 7.05 Å². The molecule has 0 bridgehead atoms. The van der Waals surface area contributed by atoms with Crippen molar-refractivity contribution >= 4 is 11.7 Å². The lowest BCUT2D eigenvalue weighted by Gasteiger charge is -2.16. The zero-order valence-corrected chi connectivity index (χ0v) is 10.7. The summed E-state index contributed by atoms with van der Waals surface area (Å²) in [6.45, 7) is 1.43. The van der Waals surface area contributed by atoms with E-state index in [0.29, 0.717) is 6.54 Å². The van der Waals surface area contributed by atoms with Gasteiger partial charge < -0.3 is 10.2 Å². The number of rotatable bonds is 2. The fourth-order valence-electron chi connectivity index (χ4n) is 2.33. The second-order valence-corrected chi connectivity index (χ2v) is 4.71. The lowest BCUT2D eigenvalue weighted by Crippen LogP contribution is -2.33. The second-order valence-electron chi connectivity index (χ2n) is 4.71. The van der Waals surface area contributed by atoms with Gasteiger partial charge in [-0.3, -0.25) is 9.36 Å². The SMILES string of the molecule is Cn1cc(NC(=O)N2CCC(n3cccn3)C2)cn1. The van der Waals surface area contributed by atoms with E-state index in [1.54, 1.807) is 28.2 Å². The van der Waals surface area contributed by atoms with Crippen LogP contribution in [-0.2, 0) is 7.05 Å². The van der Waals surface area contributed by atoms with Gasteiger partial charge in [-0.05, 0) is 12.5 Å². The monoisotopic (exact) mass is 260 g/mol. The number of likely N-dealkylation sites (tertiary alicyclic amines) is 1.